The summed E-state index contributed by atoms with van der Waals surface area (Å²) in [7, 11) is 0. The van der Waals surface area contributed by atoms with E-state index in [0.717, 1.165) is 5.56 Å². The molecule has 0 spiro atoms. The van der Waals surface area contributed by atoms with Gasteiger partial charge < -0.3 is 10.2 Å². The minimum absolute atomic E-state index is 0.0910. The second-order valence-electron chi connectivity index (χ2n) is 3.25. The van der Waals surface area contributed by atoms with E-state index in [2.05, 4.69) is 0 Å². The van der Waals surface area contributed by atoms with Gasteiger partial charge in [0.2, 0.25) is 0 Å². The molecule has 0 aliphatic heterocycles. The molecule has 0 heterocycles. The van der Waals surface area contributed by atoms with E-state index in [1.165, 1.54) is 0 Å². The maximum atomic E-state index is 9.70. The van der Waals surface area contributed by atoms with Crippen LogP contribution in [-0.2, 0) is 5.88 Å². The highest BCUT2D eigenvalue weighted by atomic mass is 35.5. The predicted octanol–water partition coefficient (Wildman–Crippen LogP) is 1.73. The molecule has 0 radical (unpaired) electrons. The smallest absolute Gasteiger partial charge is 0.106 e. The van der Waals surface area contributed by atoms with Crippen LogP contribution in [0.25, 0.3) is 0 Å². The summed E-state index contributed by atoms with van der Waals surface area (Å²) in [6.07, 6.45) is -2.18. The summed E-state index contributed by atoms with van der Waals surface area (Å²) >= 11 is 5.65. The van der Waals surface area contributed by atoms with Gasteiger partial charge in [0.05, 0.1) is 18.6 Å². The molecule has 80 valence electrons. The van der Waals surface area contributed by atoms with Crippen LogP contribution in [0.5, 0.6) is 0 Å². The van der Waals surface area contributed by atoms with Gasteiger partial charge in [-0.2, -0.15) is 5.26 Å². The molecule has 0 aromatic heterocycles. The molecule has 0 aliphatic rings. The molecule has 0 saturated carbocycles. The fourth-order valence-electron chi connectivity index (χ4n) is 1.29. The van der Waals surface area contributed by atoms with Crippen LogP contribution in [-0.4, -0.2) is 16.3 Å². The first kappa shape index (κ1) is 12.0. The fraction of sp³-hybridized carbons (Fsp3) is 0.364. The van der Waals surface area contributed by atoms with E-state index in [-0.39, 0.29) is 6.42 Å². The highest BCUT2D eigenvalue weighted by molar-refractivity contribution is 6.17. The fourth-order valence-corrected chi connectivity index (χ4v) is 1.45. The van der Waals surface area contributed by atoms with Crippen LogP contribution in [0, 0.1) is 11.3 Å². The van der Waals surface area contributed by atoms with Crippen molar-refractivity contribution in [3.05, 3.63) is 35.4 Å². The Hall–Kier alpha value is -1.08. The number of nitriles is 1. The van der Waals surface area contributed by atoms with Crippen molar-refractivity contribution in [1.82, 2.24) is 0 Å². The van der Waals surface area contributed by atoms with Gasteiger partial charge in [-0.25, -0.2) is 0 Å². The van der Waals surface area contributed by atoms with Gasteiger partial charge in [0, 0.05) is 5.88 Å². The van der Waals surface area contributed by atoms with E-state index >= 15 is 0 Å². The van der Waals surface area contributed by atoms with Gasteiger partial charge in [-0.1, -0.05) is 24.3 Å². The van der Waals surface area contributed by atoms with E-state index in [1.54, 1.807) is 18.2 Å². The Morgan fingerprint density at radius 2 is 2.13 bits per heavy atom. The lowest BCUT2D eigenvalue weighted by Crippen LogP contribution is -2.17. The van der Waals surface area contributed by atoms with Gasteiger partial charge in [-0.05, 0) is 11.1 Å². The van der Waals surface area contributed by atoms with Crippen LogP contribution in [0.1, 0.15) is 23.7 Å². The normalized spacial score (nSPS) is 14.3. The first-order valence-corrected chi connectivity index (χ1v) is 5.10. The van der Waals surface area contributed by atoms with Gasteiger partial charge in [0.1, 0.15) is 6.10 Å². The summed E-state index contributed by atoms with van der Waals surface area (Å²) in [6, 6.07) is 8.82. The number of alkyl halides is 1. The lowest BCUT2D eigenvalue weighted by atomic mass is 10.0. The number of hydrogen-bond acceptors (Lipinski definition) is 3. The van der Waals surface area contributed by atoms with Gasteiger partial charge >= 0.3 is 0 Å². The Balaban J connectivity index is 2.81. The van der Waals surface area contributed by atoms with Gasteiger partial charge in [-0.3, -0.25) is 0 Å². The first-order valence-electron chi connectivity index (χ1n) is 4.57. The van der Waals surface area contributed by atoms with Crippen molar-refractivity contribution in [1.29, 1.82) is 5.26 Å². The van der Waals surface area contributed by atoms with E-state index in [4.69, 9.17) is 16.9 Å². The maximum absolute atomic E-state index is 9.70. The minimum atomic E-state index is -1.06. The molecule has 4 heteroatoms. The molecule has 1 aromatic carbocycles. The van der Waals surface area contributed by atoms with Crippen molar-refractivity contribution >= 4 is 11.6 Å². The summed E-state index contributed by atoms with van der Waals surface area (Å²) in [6.45, 7) is 0. The van der Waals surface area contributed by atoms with Crippen LogP contribution >= 0.6 is 11.6 Å². The van der Waals surface area contributed by atoms with Crippen molar-refractivity contribution < 1.29 is 10.2 Å². The van der Waals surface area contributed by atoms with Gasteiger partial charge in [0.15, 0.2) is 0 Å². The van der Waals surface area contributed by atoms with Crippen molar-refractivity contribution in [2.24, 2.45) is 0 Å². The van der Waals surface area contributed by atoms with Crippen LogP contribution in [0.4, 0.5) is 0 Å². The zero-order chi connectivity index (χ0) is 11.3. The molecule has 0 aliphatic carbocycles. The monoisotopic (exact) mass is 225 g/mol. The van der Waals surface area contributed by atoms with Crippen molar-refractivity contribution in [2.45, 2.75) is 24.5 Å². The van der Waals surface area contributed by atoms with Crippen molar-refractivity contribution in [3.8, 4) is 6.07 Å². The molecule has 0 amide bonds. The lowest BCUT2D eigenvalue weighted by molar-refractivity contribution is 0.0216. The van der Waals surface area contributed by atoms with Crippen LogP contribution in [0.3, 0.4) is 0 Å². The zero-order valence-electron chi connectivity index (χ0n) is 8.10. The molecule has 3 nitrogen and oxygen atoms in total. The lowest BCUT2D eigenvalue weighted by Gasteiger charge is -2.15. The predicted molar refractivity (Wildman–Crippen MR) is 57.2 cm³/mol. The Morgan fingerprint density at radius 1 is 1.40 bits per heavy atom. The SMILES string of the molecule is N#CCC(O)C(O)c1cccc(CCl)c1. The Bertz CT molecular complexity index is 362. The Labute approximate surface area is 93.5 Å². The number of nitrogens with zero attached hydrogens (tertiary/aromatic N) is 1. The maximum Gasteiger partial charge on any atom is 0.106 e. The Kier molecular flexibility index (Phi) is 4.57. The highest BCUT2D eigenvalue weighted by Crippen LogP contribution is 2.20. The van der Waals surface area contributed by atoms with E-state index in [9.17, 15) is 10.2 Å². The average Bonchev–Trinajstić information content (AvgIpc) is 2.28. The van der Waals surface area contributed by atoms with Crippen LogP contribution in [0.2, 0.25) is 0 Å². The molecule has 15 heavy (non-hydrogen) atoms. The molecule has 1 aromatic rings. The van der Waals surface area contributed by atoms with Crippen LogP contribution in [0.15, 0.2) is 24.3 Å². The topological polar surface area (TPSA) is 64.2 Å². The first-order chi connectivity index (χ1) is 7.19. The van der Waals surface area contributed by atoms with E-state index in [1.807, 2.05) is 12.1 Å². The van der Waals surface area contributed by atoms with Gasteiger partial charge in [0.25, 0.3) is 0 Å². The summed E-state index contributed by atoms with van der Waals surface area (Å²) in [4.78, 5) is 0. The number of halogens is 1. The molecular weight excluding hydrogens is 214 g/mol. The van der Waals surface area contributed by atoms with Crippen LogP contribution < -0.4 is 0 Å². The summed E-state index contributed by atoms with van der Waals surface area (Å²) in [5.74, 6) is 0.356. The molecule has 2 atom stereocenters. The second kappa shape index (κ2) is 5.72. The highest BCUT2D eigenvalue weighted by Gasteiger charge is 2.17. The third kappa shape index (κ3) is 3.21. The van der Waals surface area contributed by atoms with E-state index < -0.39 is 12.2 Å². The van der Waals surface area contributed by atoms with Crippen molar-refractivity contribution in [2.75, 3.05) is 0 Å². The van der Waals surface area contributed by atoms with E-state index in [0.29, 0.717) is 11.4 Å². The summed E-state index contributed by atoms with van der Waals surface area (Å²) in [5.41, 5.74) is 1.45. The minimum Gasteiger partial charge on any atom is -0.389 e. The van der Waals surface area contributed by atoms with Gasteiger partial charge in [-0.15, -0.1) is 11.6 Å². The largest absolute Gasteiger partial charge is 0.389 e. The number of rotatable bonds is 4. The third-order valence-corrected chi connectivity index (χ3v) is 2.42. The standard InChI is InChI=1S/C11H12ClNO2/c12-7-8-2-1-3-9(6-8)11(15)10(14)4-5-13/h1-3,6,10-11,14-15H,4,7H2. The summed E-state index contributed by atoms with van der Waals surface area (Å²) < 4.78 is 0. The number of aliphatic hydroxyl groups excluding tert-OH is 2. The molecular formula is C11H12ClNO2. The quantitative estimate of drug-likeness (QED) is 0.768. The zero-order valence-corrected chi connectivity index (χ0v) is 8.85. The van der Waals surface area contributed by atoms with Crippen molar-refractivity contribution in [3.63, 3.8) is 0 Å². The summed E-state index contributed by atoms with van der Waals surface area (Å²) in [5, 5.41) is 27.5. The molecule has 2 unspecified atom stereocenters. The number of hydrogen-bond donors (Lipinski definition) is 2. The molecule has 2 N–H and O–H groups in total. The number of benzene rings is 1. The molecule has 0 saturated heterocycles. The second-order valence-corrected chi connectivity index (χ2v) is 3.52. The third-order valence-electron chi connectivity index (χ3n) is 2.11. The number of aliphatic hydroxyl groups is 2. The average molecular weight is 226 g/mol. The Morgan fingerprint density at radius 3 is 2.73 bits per heavy atom. The molecule has 0 fully saturated rings. The molecule has 1 rings (SSSR count). The molecule has 0 bridgehead atoms.